The first-order chi connectivity index (χ1) is 9.47. The maximum Gasteiger partial charge on any atom is 0.271 e. The SMILES string of the molecule is Cc1cc(C)c(CNc2cccc([N+](=O)[O-])c2)c(C)c1. The molecule has 2 aromatic carbocycles. The van der Waals surface area contributed by atoms with Crippen LogP contribution in [0.2, 0.25) is 0 Å². The highest BCUT2D eigenvalue weighted by Gasteiger charge is 2.07. The van der Waals surface area contributed by atoms with Crippen molar-refractivity contribution in [3.63, 3.8) is 0 Å². The smallest absolute Gasteiger partial charge is 0.271 e. The fourth-order valence-electron chi connectivity index (χ4n) is 2.41. The molecule has 0 aliphatic rings. The van der Waals surface area contributed by atoms with E-state index in [1.165, 1.54) is 28.3 Å². The second-order valence-corrected chi connectivity index (χ2v) is 5.04. The van der Waals surface area contributed by atoms with Gasteiger partial charge in [-0.15, -0.1) is 0 Å². The van der Waals surface area contributed by atoms with Crippen molar-refractivity contribution in [3.05, 3.63) is 68.8 Å². The second-order valence-electron chi connectivity index (χ2n) is 5.04. The van der Waals surface area contributed by atoms with Crippen LogP contribution in [0.5, 0.6) is 0 Å². The van der Waals surface area contributed by atoms with E-state index in [-0.39, 0.29) is 10.6 Å². The van der Waals surface area contributed by atoms with Crippen LogP contribution in [-0.4, -0.2) is 4.92 Å². The van der Waals surface area contributed by atoms with Crippen molar-refractivity contribution >= 4 is 11.4 Å². The lowest BCUT2D eigenvalue weighted by atomic mass is 10.00. The van der Waals surface area contributed by atoms with Crippen molar-refractivity contribution < 1.29 is 4.92 Å². The summed E-state index contributed by atoms with van der Waals surface area (Å²) in [7, 11) is 0. The first kappa shape index (κ1) is 14.1. The molecule has 104 valence electrons. The Morgan fingerprint density at radius 1 is 1.10 bits per heavy atom. The summed E-state index contributed by atoms with van der Waals surface area (Å²) in [5.41, 5.74) is 5.83. The summed E-state index contributed by atoms with van der Waals surface area (Å²) in [5, 5.41) is 14.0. The maximum atomic E-state index is 10.8. The third-order valence-corrected chi connectivity index (χ3v) is 3.37. The normalized spacial score (nSPS) is 10.3. The molecule has 4 heteroatoms. The summed E-state index contributed by atoms with van der Waals surface area (Å²) in [4.78, 5) is 10.4. The molecule has 0 heterocycles. The fourth-order valence-corrected chi connectivity index (χ4v) is 2.41. The molecule has 0 atom stereocenters. The molecule has 0 unspecified atom stereocenters. The monoisotopic (exact) mass is 270 g/mol. The molecule has 0 aromatic heterocycles. The Bertz CT molecular complexity index is 628. The number of anilines is 1. The lowest BCUT2D eigenvalue weighted by Crippen LogP contribution is -2.04. The van der Waals surface area contributed by atoms with Gasteiger partial charge in [0.2, 0.25) is 0 Å². The predicted octanol–water partition coefficient (Wildman–Crippen LogP) is 4.13. The van der Waals surface area contributed by atoms with Gasteiger partial charge in [0.05, 0.1) is 4.92 Å². The Hall–Kier alpha value is -2.36. The zero-order valence-corrected chi connectivity index (χ0v) is 11.9. The van der Waals surface area contributed by atoms with Crippen LogP contribution in [0.4, 0.5) is 11.4 Å². The summed E-state index contributed by atoms with van der Waals surface area (Å²) in [6.45, 7) is 6.92. The van der Waals surface area contributed by atoms with Gasteiger partial charge < -0.3 is 5.32 Å². The van der Waals surface area contributed by atoms with E-state index in [4.69, 9.17) is 0 Å². The molecule has 0 radical (unpaired) electrons. The molecule has 0 saturated heterocycles. The maximum absolute atomic E-state index is 10.8. The van der Waals surface area contributed by atoms with Gasteiger partial charge in [-0.2, -0.15) is 0 Å². The van der Waals surface area contributed by atoms with Gasteiger partial charge in [-0.3, -0.25) is 10.1 Å². The third-order valence-electron chi connectivity index (χ3n) is 3.37. The number of non-ortho nitro benzene ring substituents is 1. The summed E-state index contributed by atoms with van der Waals surface area (Å²) in [6, 6.07) is 10.9. The first-order valence-electron chi connectivity index (χ1n) is 6.52. The average Bonchev–Trinajstić information content (AvgIpc) is 2.37. The summed E-state index contributed by atoms with van der Waals surface area (Å²) in [5.74, 6) is 0. The zero-order chi connectivity index (χ0) is 14.7. The molecule has 0 amide bonds. The van der Waals surface area contributed by atoms with Gasteiger partial charge in [0.1, 0.15) is 0 Å². The van der Waals surface area contributed by atoms with Gasteiger partial charge in [0, 0.05) is 24.4 Å². The minimum absolute atomic E-state index is 0.104. The van der Waals surface area contributed by atoms with Crippen molar-refractivity contribution in [1.82, 2.24) is 0 Å². The lowest BCUT2D eigenvalue weighted by molar-refractivity contribution is -0.384. The molecule has 0 fully saturated rings. The summed E-state index contributed by atoms with van der Waals surface area (Å²) >= 11 is 0. The van der Waals surface area contributed by atoms with Crippen molar-refractivity contribution in [2.45, 2.75) is 27.3 Å². The van der Waals surface area contributed by atoms with Crippen LogP contribution in [0.15, 0.2) is 36.4 Å². The molecule has 4 nitrogen and oxygen atoms in total. The highest BCUT2D eigenvalue weighted by atomic mass is 16.6. The molecule has 2 aromatic rings. The Kier molecular flexibility index (Phi) is 4.03. The molecule has 0 spiro atoms. The van der Waals surface area contributed by atoms with Crippen molar-refractivity contribution in [2.24, 2.45) is 0 Å². The molecule has 0 saturated carbocycles. The van der Waals surface area contributed by atoms with Crippen LogP contribution in [-0.2, 0) is 6.54 Å². The number of nitro groups is 1. The molecule has 0 bridgehead atoms. The van der Waals surface area contributed by atoms with E-state index in [1.807, 2.05) is 6.07 Å². The van der Waals surface area contributed by atoms with Gasteiger partial charge in [0.15, 0.2) is 0 Å². The predicted molar refractivity (Wildman–Crippen MR) is 81.1 cm³/mol. The number of hydrogen-bond acceptors (Lipinski definition) is 3. The first-order valence-corrected chi connectivity index (χ1v) is 6.52. The number of nitro benzene ring substituents is 1. The van der Waals surface area contributed by atoms with Crippen LogP contribution in [0.25, 0.3) is 0 Å². The topological polar surface area (TPSA) is 55.2 Å². The van der Waals surface area contributed by atoms with E-state index in [9.17, 15) is 10.1 Å². The van der Waals surface area contributed by atoms with E-state index >= 15 is 0 Å². The number of benzene rings is 2. The van der Waals surface area contributed by atoms with Crippen LogP contribution in [0, 0.1) is 30.9 Å². The van der Waals surface area contributed by atoms with E-state index in [2.05, 4.69) is 38.2 Å². The van der Waals surface area contributed by atoms with Gasteiger partial charge in [-0.1, -0.05) is 23.8 Å². The largest absolute Gasteiger partial charge is 0.381 e. The fraction of sp³-hybridized carbons (Fsp3) is 0.250. The molecule has 0 aliphatic carbocycles. The van der Waals surface area contributed by atoms with Crippen molar-refractivity contribution in [3.8, 4) is 0 Å². The van der Waals surface area contributed by atoms with Crippen LogP contribution in [0.1, 0.15) is 22.3 Å². The molecule has 1 N–H and O–H groups in total. The highest BCUT2D eigenvalue weighted by molar-refractivity contribution is 5.52. The Morgan fingerprint density at radius 2 is 1.75 bits per heavy atom. The van der Waals surface area contributed by atoms with E-state index in [0.717, 1.165) is 5.69 Å². The third kappa shape index (κ3) is 3.15. The molecule has 20 heavy (non-hydrogen) atoms. The Balaban J connectivity index is 2.17. The number of rotatable bonds is 4. The minimum atomic E-state index is -0.381. The lowest BCUT2D eigenvalue weighted by Gasteiger charge is -2.13. The Labute approximate surface area is 118 Å². The van der Waals surface area contributed by atoms with Crippen molar-refractivity contribution in [2.75, 3.05) is 5.32 Å². The molecular formula is C16H18N2O2. The quantitative estimate of drug-likeness (QED) is 0.671. The van der Waals surface area contributed by atoms with Crippen LogP contribution in [0.3, 0.4) is 0 Å². The molecule has 0 aliphatic heterocycles. The van der Waals surface area contributed by atoms with Gasteiger partial charge in [0.25, 0.3) is 5.69 Å². The standard InChI is InChI=1S/C16H18N2O2/c1-11-7-12(2)16(13(3)8-11)10-17-14-5-4-6-15(9-14)18(19)20/h4-9,17H,10H2,1-3H3. The summed E-state index contributed by atoms with van der Waals surface area (Å²) in [6.07, 6.45) is 0. The number of nitrogens with one attached hydrogen (secondary N) is 1. The van der Waals surface area contributed by atoms with Crippen LogP contribution >= 0.6 is 0 Å². The highest BCUT2D eigenvalue weighted by Crippen LogP contribution is 2.20. The van der Waals surface area contributed by atoms with Gasteiger partial charge >= 0.3 is 0 Å². The second kappa shape index (κ2) is 5.74. The molecular weight excluding hydrogens is 252 g/mol. The average molecular weight is 270 g/mol. The van der Waals surface area contributed by atoms with Gasteiger partial charge in [-0.25, -0.2) is 0 Å². The zero-order valence-electron chi connectivity index (χ0n) is 11.9. The van der Waals surface area contributed by atoms with E-state index < -0.39 is 0 Å². The van der Waals surface area contributed by atoms with Crippen LogP contribution < -0.4 is 5.32 Å². The molecule has 2 rings (SSSR count). The number of nitrogens with zero attached hydrogens (tertiary/aromatic N) is 1. The van der Waals surface area contributed by atoms with E-state index in [1.54, 1.807) is 12.1 Å². The summed E-state index contributed by atoms with van der Waals surface area (Å²) < 4.78 is 0. The Morgan fingerprint density at radius 3 is 2.35 bits per heavy atom. The van der Waals surface area contributed by atoms with E-state index in [0.29, 0.717) is 6.54 Å². The van der Waals surface area contributed by atoms with Crippen molar-refractivity contribution in [1.29, 1.82) is 0 Å². The number of hydrogen-bond donors (Lipinski definition) is 1. The number of aryl methyl sites for hydroxylation is 3. The minimum Gasteiger partial charge on any atom is -0.381 e. The van der Waals surface area contributed by atoms with Gasteiger partial charge in [-0.05, 0) is 43.5 Å².